The molecule has 1 unspecified atom stereocenters. The first-order valence-electron chi connectivity index (χ1n) is 6.01. The van der Waals surface area contributed by atoms with Gasteiger partial charge in [-0.25, -0.2) is 0 Å². The summed E-state index contributed by atoms with van der Waals surface area (Å²) in [5, 5.41) is 0. The summed E-state index contributed by atoms with van der Waals surface area (Å²) in [4.78, 5) is 18.7. The number of carbonyl (C=O) groups is 1. The summed E-state index contributed by atoms with van der Waals surface area (Å²) in [6.45, 7) is 3.33. The Balaban J connectivity index is 0.00000108. The zero-order valence-electron chi connectivity index (χ0n) is 9.71. The molecular weight excluding hydrogens is 236 g/mol. The van der Waals surface area contributed by atoms with E-state index >= 15 is 0 Å². The molecule has 3 fully saturated rings. The lowest BCUT2D eigenvalue weighted by molar-refractivity contribution is 0.0419. The van der Waals surface area contributed by atoms with Crippen molar-refractivity contribution >= 4 is 18.2 Å². The van der Waals surface area contributed by atoms with Crippen molar-refractivity contribution < 1.29 is 4.79 Å². The molecule has 0 radical (unpaired) electrons. The van der Waals surface area contributed by atoms with Crippen molar-refractivity contribution in [2.75, 3.05) is 19.6 Å². The maximum Gasteiger partial charge on any atom is 0.167 e. The first kappa shape index (κ1) is 12.5. The molecule has 1 aromatic heterocycles. The van der Waals surface area contributed by atoms with Gasteiger partial charge in [0.2, 0.25) is 0 Å². The molecule has 3 nitrogen and oxygen atoms in total. The molecule has 4 heterocycles. The number of carbonyl (C=O) groups excluding carboxylic acids is 1. The number of nitrogens with zero attached hydrogens (tertiary/aromatic N) is 2. The summed E-state index contributed by atoms with van der Waals surface area (Å²) in [7, 11) is 0. The molecule has 0 spiro atoms. The van der Waals surface area contributed by atoms with E-state index in [1.54, 1.807) is 12.4 Å². The standard InChI is InChI=1S/C13H16N2O.ClH/c16-13(11-1-5-14-6-2-11)12-9-15-7-3-10(12)4-8-15;/h1-2,5-6,10,12H,3-4,7-9H2;1H. The number of hydrogen-bond acceptors (Lipinski definition) is 3. The number of pyridine rings is 1. The van der Waals surface area contributed by atoms with Crippen molar-refractivity contribution in [3.8, 4) is 0 Å². The van der Waals surface area contributed by atoms with E-state index in [1.807, 2.05) is 12.1 Å². The molecule has 0 amide bonds. The number of aromatic nitrogens is 1. The van der Waals surface area contributed by atoms with Gasteiger partial charge >= 0.3 is 0 Å². The summed E-state index contributed by atoms with van der Waals surface area (Å²) >= 11 is 0. The van der Waals surface area contributed by atoms with Gasteiger partial charge in [0.05, 0.1) is 0 Å². The van der Waals surface area contributed by atoms with Crippen LogP contribution in [0.1, 0.15) is 23.2 Å². The van der Waals surface area contributed by atoms with Crippen molar-refractivity contribution in [3.05, 3.63) is 30.1 Å². The third-order valence-electron chi connectivity index (χ3n) is 3.96. The second-order valence-corrected chi connectivity index (χ2v) is 4.84. The highest BCUT2D eigenvalue weighted by atomic mass is 35.5. The predicted octanol–water partition coefficient (Wildman–Crippen LogP) is 2.03. The zero-order valence-corrected chi connectivity index (χ0v) is 10.5. The molecule has 0 aromatic carbocycles. The largest absolute Gasteiger partial charge is 0.303 e. The summed E-state index contributed by atoms with van der Waals surface area (Å²) in [5.74, 6) is 1.16. The zero-order chi connectivity index (χ0) is 11.0. The average molecular weight is 253 g/mol. The molecule has 1 aromatic rings. The molecule has 3 saturated heterocycles. The van der Waals surface area contributed by atoms with Crippen molar-refractivity contribution in [3.63, 3.8) is 0 Å². The molecule has 4 heteroatoms. The molecule has 0 N–H and O–H groups in total. The fourth-order valence-electron chi connectivity index (χ4n) is 2.99. The third-order valence-corrected chi connectivity index (χ3v) is 3.96. The lowest BCUT2D eigenvalue weighted by Crippen LogP contribution is -2.50. The fourth-order valence-corrected chi connectivity index (χ4v) is 2.99. The number of piperidine rings is 3. The Bertz CT molecular complexity index is 388. The van der Waals surface area contributed by atoms with Gasteiger partial charge in [0.25, 0.3) is 0 Å². The van der Waals surface area contributed by atoms with Crippen molar-refractivity contribution in [1.29, 1.82) is 0 Å². The van der Waals surface area contributed by atoms with E-state index in [2.05, 4.69) is 9.88 Å². The van der Waals surface area contributed by atoms with Gasteiger partial charge in [-0.15, -0.1) is 12.4 Å². The van der Waals surface area contributed by atoms with Gasteiger partial charge in [0.1, 0.15) is 0 Å². The van der Waals surface area contributed by atoms with E-state index in [0.29, 0.717) is 11.7 Å². The van der Waals surface area contributed by atoms with E-state index < -0.39 is 0 Å². The van der Waals surface area contributed by atoms with Crippen LogP contribution in [-0.4, -0.2) is 35.3 Å². The summed E-state index contributed by atoms with van der Waals surface area (Å²) < 4.78 is 0. The second-order valence-electron chi connectivity index (χ2n) is 4.84. The molecular formula is C13H17ClN2O. The topological polar surface area (TPSA) is 33.2 Å². The van der Waals surface area contributed by atoms with Gasteiger partial charge in [0, 0.05) is 30.4 Å². The molecule has 3 aliphatic rings. The molecule has 2 bridgehead atoms. The van der Waals surface area contributed by atoms with Gasteiger partial charge in [-0.2, -0.15) is 0 Å². The predicted molar refractivity (Wildman–Crippen MR) is 68.5 cm³/mol. The Morgan fingerprint density at radius 2 is 1.88 bits per heavy atom. The molecule has 0 saturated carbocycles. The maximum absolute atomic E-state index is 12.3. The monoisotopic (exact) mass is 252 g/mol. The Kier molecular flexibility index (Phi) is 3.79. The van der Waals surface area contributed by atoms with E-state index in [-0.39, 0.29) is 18.3 Å². The highest BCUT2D eigenvalue weighted by molar-refractivity contribution is 5.98. The van der Waals surface area contributed by atoms with Crippen LogP contribution in [0.15, 0.2) is 24.5 Å². The van der Waals surface area contributed by atoms with Crippen LogP contribution in [0.2, 0.25) is 0 Å². The molecule has 4 rings (SSSR count). The van der Waals surface area contributed by atoms with E-state index in [4.69, 9.17) is 0 Å². The van der Waals surface area contributed by atoms with Gasteiger partial charge in [-0.05, 0) is 44.0 Å². The number of ketones is 1. The van der Waals surface area contributed by atoms with Crippen LogP contribution in [0.5, 0.6) is 0 Å². The molecule has 92 valence electrons. The summed E-state index contributed by atoms with van der Waals surface area (Å²) in [6, 6.07) is 3.67. The lowest BCUT2D eigenvalue weighted by Gasteiger charge is -2.44. The minimum atomic E-state index is 0. The fraction of sp³-hybridized carbons (Fsp3) is 0.538. The van der Waals surface area contributed by atoms with Gasteiger partial charge in [-0.3, -0.25) is 9.78 Å². The van der Waals surface area contributed by atoms with Crippen LogP contribution >= 0.6 is 12.4 Å². The SMILES string of the molecule is Cl.O=C(c1ccncc1)C1CN2CCC1CC2. The number of halogens is 1. The third kappa shape index (κ3) is 2.35. The van der Waals surface area contributed by atoms with Crippen molar-refractivity contribution in [1.82, 2.24) is 9.88 Å². The van der Waals surface area contributed by atoms with Crippen LogP contribution < -0.4 is 0 Å². The van der Waals surface area contributed by atoms with Gasteiger partial charge < -0.3 is 4.90 Å². The van der Waals surface area contributed by atoms with Crippen LogP contribution in [-0.2, 0) is 0 Å². The van der Waals surface area contributed by atoms with Crippen LogP contribution in [0.4, 0.5) is 0 Å². The second kappa shape index (κ2) is 5.15. The van der Waals surface area contributed by atoms with Gasteiger partial charge in [0.15, 0.2) is 5.78 Å². The van der Waals surface area contributed by atoms with Crippen LogP contribution in [0, 0.1) is 11.8 Å². The number of hydrogen-bond donors (Lipinski definition) is 0. The maximum atomic E-state index is 12.3. The lowest BCUT2D eigenvalue weighted by atomic mass is 9.75. The molecule has 3 aliphatic heterocycles. The summed E-state index contributed by atoms with van der Waals surface area (Å²) in [6.07, 6.45) is 5.80. The quantitative estimate of drug-likeness (QED) is 0.756. The Hall–Kier alpha value is -0.930. The average Bonchev–Trinajstić information content (AvgIpc) is 2.40. The van der Waals surface area contributed by atoms with E-state index in [0.717, 1.165) is 12.1 Å². The van der Waals surface area contributed by atoms with Gasteiger partial charge in [-0.1, -0.05) is 0 Å². The number of Topliss-reactive ketones (excluding diaryl/α,β-unsaturated/α-hetero) is 1. The minimum Gasteiger partial charge on any atom is -0.303 e. The van der Waals surface area contributed by atoms with E-state index in [9.17, 15) is 4.79 Å². The molecule has 1 atom stereocenters. The Morgan fingerprint density at radius 1 is 1.24 bits per heavy atom. The van der Waals surface area contributed by atoms with Crippen LogP contribution in [0.25, 0.3) is 0 Å². The normalized spacial score (nSPS) is 30.7. The molecule has 0 aliphatic carbocycles. The highest BCUT2D eigenvalue weighted by Gasteiger charge is 2.38. The minimum absolute atomic E-state index is 0. The smallest absolute Gasteiger partial charge is 0.167 e. The van der Waals surface area contributed by atoms with E-state index in [1.165, 1.54) is 25.9 Å². The van der Waals surface area contributed by atoms with Crippen molar-refractivity contribution in [2.24, 2.45) is 11.8 Å². The Morgan fingerprint density at radius 3 is 2.41 bits per heavy atom. The first-order chi connectivity index (χ1) is 7.84. The highest BCUT2D eigenvalue weighted by Crippen LogP contribution is 2.34. The first-order valence-corrected chi connectivity index (χ1v) is 6.01. The van der Waals surface area contributed by atoms with Crippen molar-refractivity contribution in [2.45, 2.75) is 12.8 Å². The number of fused-ring (bicyclic) bond motifs is 3. The summed E-state index contributed by atoms with van der Waals surface area (Å²) in [5.41, 5.74) is 0.828. The molecule has 17 heavy (non-hydrogen) atoms. The number of rotatable bonds is 2. The van der Waals surface area contributed by atoms with Crippen LogP contribution in [0.3, 0.4) is 0 Å². The Labute approximate surface area is 108 Å².